The van der Waals surface area contributed by atoms with Crippen molar-refractivity contribution in [2.24, 2.45) is 0 Å². The molecule has 42 heavy (non-hydrogen) atoms. The van der Waals surface area contributed by atoms with Crippen LogP contribution in [0.5, 0.6) is 0 Å². The molecule has 2 saturated heterocycles. The first kappa shape index (κ1) is 30.0. The first-order chi connectivity index (χ1) is 20.5. The summed E-state index contributed by atoms with van der Waals surface area (Å²) in [6.07, 6.45) is 3.91. The van der Waals surface area contributed by atoms with Crippen LogP contribution in [-0.2, 0) is 36.3 Å². The van der Waals surface area contributed by atoms with E-state index in [1.807, 2.05) is 50.2 Å². The van der Waals surface area contributed by atoms with E-state index >= 15 is 0 Å². The molecule has 2 fully saturated rings. The number of ether oxygens (including phenoxy) is 2. The lowest BCUT2D eigenvalue weighted by Gasteiger charge is -2.49. The largest absolute Gasteiger partial charge is 0.465 e. The molecule has 0 radical (unpaired) electrons. The average molecular weight is 569 g/mol. The van der Waals surface area contributed by atoms with Gasteiger partial charge in [0.05, 0.1) is 30.2 Å². The van der Waals surface area contributed by atoms with Gasteiger partial charge in [0.25, 0.3) is 0 Å². The molecule has 0 bridgehead atoms. The van der Waals surface area contributed by atoms with Crippen molar-refractivity contribution in [3.8, 4) is 0 Å². The zero-order valence-corrected chi connectivity index (χ0v) is 25.0. The van der Waals surface area contributed by atoms with E-state index in [0.29, 0.717) is 38.9 Å². The molecule has 3 aromatic rings. The average Bonchev–Trinajstić information content (AvgIpc) is 3.05. The number of nitrogens with zero attached hydrogens (tertiary/aromatic N) is 2. The summed E-state index contributed by atoms with van der Waals surface area (Å²) in [6, 6.07) is 30.9. The van der Waals surface area contributed by atoms with E-state index in [9.17, 15) is 9.59 Å². The van der Waals surface area contributed by atoms with Crippen LogP contribution in [0.1, 0.15) is 56.2 Å². The second-order valence-corrected chi connectivity index (χ2v) is 11.6. The molecule has 2 heterocycles. The lowest BCUT2D eigenvalue weighted by atomic mass is 9.72. The Labute approximate surface area is 250 Å². The van der Waals surface area contributed by atoms with Crippen LogP contribution in [0.4, 0.5) is 0 Å². The Morgan fingerprint density at radius 3 is 1.33 bits per heavy atom. The van der Waals surface area contributed by atoms with Gasteiger partial charge in [-0.05, 0) is 56.2 Å². The van der Waals surface area contributed by atoms with E-state index in [0.717, 1.165) is 43.7 Å². The van der Waals surface area contributed by atoms with Crippen molar-refractivity contribution in [3.05, 3.63) is 108 Å². The number of carbonyl (C=O) groups is 2. The van der Waals surface area contributed by atoms with Crippen LogP contribution < -0.4 is 0 Å². The molecule has 0 atom stereocenters. The maximum atomic E-state index is 13.4. The van der Waals surface area contributed by atoms with Gasteiger partial charge in [-0.25, -0.2) is 0 Å². The molecule has 0 N–H and O–H groups in total. The zero-order chi connectivity index (χ0) is 29.4. The van der Waals surface area contributed by atoms with Crippen molar-refractivity contribution in [2.45, 2.75) is 62.9 Å². The number of esters is 2. The molecular weight excluding hydrogens is 524 g/mol. The number of likely N-dealkylation sites (tertiary alicyclic amines) is 2. The van der Waals surface area contributed by atoms with E-state index in [1.54, 1.807) is 0 Å². The van der Waals surface area contributed by atoms with Gasteiger partial charge in [0, 0.05) is 32.6 Å². The molecule has 0 aliphatic carbocycles. The van der Waals surface area contributed by atoms with Crippen molar-refractivity contribution in [1.29, 1.82) is 0 Å². The van der Waals surface area contributed by atoms with Crippen molar-refractivity contribution in [1.82, 2.24) is 9.80 Å². The smallest absolute Gasteiger partial charge is 0.316 e. The van der Waals surface area contributed by atoms with E-state index in [1.165, 1.54) is 5.56 Å². The Morgan fingerprint density at radius 1 is 0.619 bits per heavy atom. The Bertz CT molecular complexity index is 1200. The van der Waals surface area contributed by atoms with Gasteiger partial charge in [-0.15, -0.1) is 0 Å². The fourth-order valence-electron chi connectivity index (χ4n) is 7.00. The lowest BCUT2D eigenvalue weighted by Crippen LogP contribution is -2.59. The van der Waals surface area contributed by atoms with Crippen LogP contribution >= 0.6 is 0 Å². The maximum absolute atomic E-state index is 13.4. The van der Waals surface area contributed by atoms with Crippen LogP contribution in [0.15, 0.2) is 91.0 Å². The first-order valence-electron chi connectivity index (χ1n) is 15.5. The Balaban J connectivity index is 1.39. The molecule has 222 valence electrons. The Kier molecular flexibility index (Phi) is 9.76. The number of hydrogen-bond acceptors (Lipinski definition) is 6. The SMILES string of the molecule is CCOC(=O)C1(c2ccccc2)CCN(C(Cc2ccccc2)N2CCC(C(=O)OCC)(c3ccccc3)CC2)CC1. The van der Waals surface area contributed by atoms with Gasteiger partial charge in [0.1, 0.15) is 0 Å². The summed E-state index contributed by atoms with van der Waals surface area (Å²) >= 11 is 0. The van der Waals surface area contributed by atoms with E-state index < -0.39 is 10.8 Å². The van der Waals surface area contributed by atoms with Gasteiger partial charge in [-0.2, -0.15) is 0 Å². The van der Waals surface area contributed by atoms with Crippen molar-refractivity contribution >= 4 is 11.9 Å². The highest BCUT2D eigenvalue weighted by molar-refractivity contribution is 5.84. The summed E-state index contributed by atoms with van der Waals surface area (Å²) in [5.41, 5.74) is 2.13. The third kappa shape index (κ3) is 6.16. The number of carbonyl (C=O) groups excluding carboxylic acids is 2. The van der Waals surface area contributed by atoms with Gasteiger partial charge in [0.15, 0.2) is 0 Å². The normalized spacial score (nSPS) is 18.8. The van der Waals surface area contributed by atoms with Gasteiger partial charge in [0.2, 0.25) is 0 Å². The lowest BCUT2D eigenvalue weighted by molar-refractivity contribution is -0.154. The number of piperidine rings is 2. The van der Waals surface area contributed by atoms with Crippen molar-refractivity contribution < 1.29 is 19.1 Å². The third-order valence-electron chi connectivity index (χ3n) is 9.39. The van der Waals surface area contributed by atoms with Crippen molar-refractivity contribution in [3.63, 3.8) is 0 Å². The minimum atomic E-state index is -0.626. The second-order valence-electron chi connectivity index (χ2n) is 11.6. The van der Waals surface area contributed by atoms with Crippen LogP contribution in [-0.4, -0.2) is 67.3 Å². The monoisotopic (exact) mass is 568 g/mol. The summed E-state index contributed by atoms with van der Waals surface area (Å²) in [6.45, 7) is 7.70. The molecule has 5 rings (SSSR count). The predicted octanol–water partition coefficient (Wildman–Crippen LogP) is 5.75. The predicted molar refractivity (Wildman–Crippen MR) is 165 cm³/mol. The van der Waals surface area contributed by atoms with Crippen LogP contribution in [0.3, 0.4) is 0 Å². The molecule has 6 nitrogen and oxygen atoms in total. The summed E-state index contributed by atoms with van der Waals surface area (Å²) in [5.74, 6) is -0.231. The number of rotatable bonds is 10. The van der Waals surface area contributed by atoms with E-state index in [2.05, 4.69) is 64.4 Å². The highest BCUT2D eigenvalue weighted by Gasteiger charge is 2.48. The van der Waals surface area contributed by atoms with Gasteiger partial charge in [-0.3, -0.25) is 19.4 Å². The minimum absolute atomic E-state index is 0.115. The molecule has 0 saturated carbocycles. The summed E-state index contributed by atoms with van der Waals surface area (Å²) < 4.78 is 11.3. The molecule has 0 spiro atoms. The second kappa shape index (κ2) is 13.7. The Morgan fingerprint density at radius 2 is 0.976 bits per heavy atom. The van der Waals surface area contributed by atoms with Gasteiger partial charge in [-0.1, -0.05) is 91.0 Å². The number of benzene rings is 3. The molecule has 0 amide bonds. The molecule has 0 unspecified atom stereocenters. The molecule has 2 aliphatic heterocycles. The van der Waals surface area contributed by atoms with Crippen LogP contribution in [0.2, 0.25) is 0 Å². The Hall–Kier alpha value is -3.48. The minimum Gasteiger partial charge on any atom is -0.465 e. The fourth-order valence-corrected chi connectivity index (χ4v) is 7.00. The van der Waals surface area contributed by atoms with Gasteiger partial charge >= 0.3 is 11.9 Å². The van der Waals surface area contributed by atoms with E-state index in [-0.39, 0.29) is 18.1 Å². The highest BCUT2D eigenvalue weighted by Crippen LogP contribution is 2.41. The fraction of sp³-hybridized carbons (Fsp3) is 0.444. The number of hydrogen-bond donors (Lipinski definition) is 0. The maximum Gasteiger partial charge on any atom is 0.316 e. The molecular formula is C36H44N2O4. The molecule has 2 aliphatic rings. The van der Waals surface area contributed by atoms with Gasteiger partial charge < -0.3 is 9.47 Å². The quantitative estimate of drug-likeness (QED) is 0.291. The van der Waals surface area contributed by atoms with E-state index in [4.69, 9.17) is 9.47 Å². The highest BCUT2D eigenvalue weighted by atomic mass is 16.5. The third-order valence-corrected chi connectivity index (χ3v) is 9.39. The molecule has 3 aromatic carbocycles. The molecule has 0 aromatic heterocycles. The molecule has 6 heteroatoms. The van der Waals surface area contributed by atoms with Crippen LogP contribution in [0.25, 0.3) is 0 Å². The van der Waals surface area contributed by atoms with Crippen LogP contribution in [0, 0.1) is 0 Å². The topological polar surface area (TPSA) is 59.1 Å². The van der Waals surface area contributed by atoms with Crippen molar-refractivity contribution in [2.75, 3.05) is 39.4 Å². The summed E-state index contributed by atoms with van der Waals surface area (Å²) in [7, 11) is 0. The summed E-state index contributed by atoms with van der Waals surface area (Å²) in [4.78, 5) is 31.9. The zero-order valence-electron chi connectivity index (χ0n) is 25.0. The standard InChI is InChI=1S/C36H44N2O4/c1-3-41-33(39)35(30-16-10-6-11-17-30)20-24-37(25-21-35)32(28-29-14-8-5-9-15-29)38-26-22-36(23-27-38,34(40)42-4-2)31-18-12-7-13-19-31/h5-19,32H,3-4,20-28H2,1-2H3. The summed E-state index contributed by atoms with van der Waals surface area (Å²) in [5, 5.41) is 0. The first-order valence-corrected chi connectivity index (χ1v) is 15.5.